The lowest BCUT2D eigenvalue weighted by Gasteiger charge is -2.13. The smallest absolute Gasteiger partial charge is 0.271 e. The highest BCUT2D eigenvalue weighted by Crippen LogP contribution is 2.29. The summed E-state index contributed by atoms with van der Waals surface area (Å²) in [6.45, 7) is 2.52. The molecule has 31 heavy (non-hydrogen) atoms. The standard InChI is InChI=1S/C24H20FN3O3/c1-2-30-23-13-17(15-27-28-24(29)18-8-10-21(25)11-9-18)7-12-22(23)31-16-20-6-4-3-5-19(20)14-26/h3-13,15H,2,16H2,1H3,(H,28,29)/b27-15-. The first-order chi connectivity index (χ1) is 15.1. The molecule has 0 atom stereocenters. The van der Waals surface area contributed by atoms with Gasteiger partial charge in [-0.15, -0.1) is 0 Å². The van der Waals surface area contributed by atoms with Crippen LogP contribution in [0.5, 0.6) is 11.5 Å². The highest BCUT2D eigenvalue weighted by molar-refractivity contribution is 5.94. The van der Waals surface area contributed by atoms with Crippen LogP contribution in [0, 0.1) is 17.1 Å². The van der Waals surface area contributed by atoms with Crippen molar-refractivity contribution in [2.24, 2.45) is 5.10 Å². The zero-order valence-electron chi connectivity index (χ0n) is 16.8. The Bertz CT molecular complexity index is 1120. The minimum absolute atomic E-state index is 0.227. The third-order valence-corrected chi connectivity index (χ3v) is 4.27. The van der Waals surface area contributed by atoms with Crippen LogP contribution in [0.2, 0.25) is 0 Å². The molecule has 0 bridgehead atoms. The molecule has 6 nitrogen and oxygen atoms in total. The number of hydrazone groups is 1. The largest absolute Gasteiger partial charge is 0.490 e. The van der Waals surface area contributed by atoms with Gasteiger partial charge in [0, 0.05) is 11.1 Å². The van der Waals surface area contributed by atoms with Crippen LogP contribution in [0.25, 0.3) is 0 Å². The van der Waals surface area contributed by atoms with E-state index in [0.717, 1.165) is 5.56 Å². The fourth-order valence-electron chi connectivity index (χ4n) is 2.73. The highest BCUT2D eigenvalue weighted by atomic mass is 19.1. The van der Waals surface area contributed by atoms with Crippen LogP contribution < -0.4 is 14.9 Å². The van der Waals surface area contributed by atoms with Gasteiger partial charge in [-0.05, 0) is 61.0 Å². The number of carbonyl (C=O) groups is 1. The van der Waals surface area contributed by atoms with Crippen molar-refractivity contribution >= 4 is 12.1 Å². The van der Waals surface area contributed by atoms with Crippen LogP contribution in [0.3, 0.4) is 0 Å². The molecule has 0 aliphatic carbocycles. The molecule has 0 heterocycles. The summed E-state index contributed by atoms with van der Waals surface area (Å²) >= 11 is 0. The molecular formula is C24H20FN3O3. The number of nitriles is 1. The van der Waals surface area contributed by atoms with Crippen molar-refractivity contribution in [2.45, 2.75) is 13.5 Å². The monoisotopic (exact) mass is 417 g/mol. The van der Waals surface area contributed by atoms with Gasteiger partial charge in [-0.3, -0.25) is 4.79 Å². The molecule has 0 fully saturated rings. The van der Waals surface area contributed by atoms with E-state index in [1.54, 1.807) is 30.3 Å². The van der Waals surface area contributed by atoms with Crippen LogP contribution in [0.4, 0.5) is 4.39 Å². The Morgan fingerprint density at radius 1 is 1.10 bits per heavy atom. The van der Waals surface area contributed by atoms with Crippen molar-refractivity contribution in [3.05, 3.63) is 94.8 Å². The number of carbonyl (C=O) groups excluding carboxylic acids is 1. The number of rotatable bonds is 8. The number of ether oxygens (including phenoxy) is 2. The predicted molar refractivity (Wildman–Crippen MR) is 115 cm³/mol. The first kappa shape index (κ1) is 21.5. The zero-order chi connectivity index (χ0) is 22.1. The summed E-state index contributed by atoms with van der Waals surface area (Å²) in [7, 11) is 0. The summed E-state index contributed by atoms with van der Waals surface area (Å²) in [5.41, 5.74) is 4.72. The van der Waals surface area contributed by atoms with Crippen molar-refractivity contribution < 1.29 is 18.7 Å². The van der Waals surface area contributed by atoms with Gasteiger partial charge in [-0.25, -0.2) is 9.82 Å². The van der Waals surface area contributed by atoms with Crippen molar-refractivity contribution in [2.75, 3.05) is 6.61 Å². The molecule has 0 aromatic heterocycles. The van der Waals surface area contributed by atoms with Crippen molar-refractivity contribution in [3.8, 4) is 17.6 Å². The number of halogens is 1. The Balaban J connectivity index is 1.68. The molecule has 1 amide bonds. The minimum atomic E-state index is -0.447. The maximum atomic E-state index is 12.9. The average molecular weight is 417 g/mol. The van der Waals surface area contributed by atoms with Crippen LogP contribution in [0.1, 0.15) is 34.0 Å². The van der Waals surface area contributed by atoms with Crippen molar-refractivity contribution in [3.63, 3.8) is 0 Å². The van der Waals surface area contributed by atoms with Crippen LogP contribution >= 0.6 is 0 Å². The van der Waals surface area contributed by atoms with Crippen molar-refractivity contribution in [1.82, 2.24) is 5.43 Å². The summed E-state index contributed by atoms with van der Waals surface area (Å²) in [4.78, 5) is 12.0. The molecular weight excluding hydrogens is 397 g/mol. The molecule has 0 unspecified atom stereocenters. The van der Waals surface area contributed by atoms with Gasteiger partial charge in [0.05, 0.1) is 24.5 Å². The van der Waals surface area contributed by atoms with Crippen molar-refractivity contribution in [1.29, 1.82) is 5.26 Å². The Morgan fingerprint density at radius 3 is 2.61 bits per heavy atom. The molecule has 0 saturated heterocycles. The summed E-state index contributed by atoms with van der Waals surface area (Å²) in [5, 5.41) is 13.1. The molecule has 3 rings (SSSR count). The van der Waals surface area contributed by atoms with E-state index in [4.69, 9.17) is 9.47 Å². The van der Waals surface area contributed by atoms with E-state index < -0.39 is 11.7 Å². The van der Waals surface area contributed by atoms with Gasteiger partial charge in [0.15, 0.2) is 11.5 Å². The summed E-state index contributed by atoms with van der Waals surface area (Å²) < 4.78 is 24.5. The molecule has 0 aliphatic rings. The zero-order valence-corrected chi connectivity index (χ0v) is 16.8. The number of hydrogen-bond acceptors (Lipinski definition) is 5. The fourth-order valence-corrected chi connectivity index (χ4v) is 2.73. The lowest BCUT2D eigenvalue weighted by molar-refractivity contribution is 0.0955. The molecule has 3 aromatic rings. The Kier molecular flexibility index (Phi) is 7.33. The fraction of sp³-hybridized carbons (Fsp3) is 0.125. The molecule has 0 aliphatic heterocycles. The van der Waals surface area contributed by atoms with E-state index in [1.807, 2.05) is 19.1 Å². The maximum Gasteiger partial charge on any atom is 0.271 e. The van der Waals surface area contributed by atoms with E-state index in [2.05, 4.69) is 16.6 Å². The van der Waals surface area contributed by atoms with E-state index in [-0.39, 0.29) is 6.61 Å². The molecule has 7 heteroatoms. The Labute approximate surface area is 179 Å². The third-order valence-electron chi connectivity index (χ3n) is 4.27. The lowest BCUT2D eigenvalue weighted by Crippen LogP contribution is -2.17. The normalized spacial score (nSPS) is 10.5. The Morgan fingerprint density at radius 2 is 1.87 bits per heavy atom. The average Bonchev–Trinajstić information content (AvgIpc) is 2.79. The molecule has 0 spiro atoms. The number of benzene rings is 3. The molecule has 1 N–H and O–H groups in total. The van der Waals surface area contributed by atoms with E-state index in [0.29, 0.717) is 34.8 Å². The number of nitrogens with zero attached hydrogens (tertiary/aromatic N) is 2. The van der Waals surface area contributed by atoms with E-state index >= 15 is 0 Å². The molecule has 0 saturated carbocycles. The topological polar surface area (TPSA) is 83.7 Å². The van der Waals surface area contributed by atoms with Crippen LogP contribution in [-0.2, 0) is 6.61 Å². The highest BCUT2D eigenvalue weighted by Gasteiger charge is 2.09. The summed E-state index contributed by atoms with van der Waals surface area (Å²) in [6, 6.07) is 19.8. The van der Waals surface area contributed by atoms with Gasteiger partial charge < -0.3 is 9.47 Å². The number of amides is 1. The molecule has 0 radical (unpaired) electrons. The number of nitrogens with one attached hydrogen (secondary N) is 1. The predicted octanol–water partition coefficient (Wildman–Crippen LogP) is 4.44. The lowest BCUT2D eigenvalue weighted by atomic mass is 10.1. The van der Waals surface area contributed by atoms with Gasteiger partial charge in [0.1, 0.15) is 12.4 Å². The summed E-state index contributed by atoms with van der Waals surface area (Å²) in [5.74, 6) is 0.187. The third kappa shape index (κ3) is 5.90. The van der Waals surface area contributed by atoms with Crippen LogP contribution in [-0.4, -0.2) is 18.7 Å². The second kappa shape index (κ2) is 10.6. The first-order valence-electron chi connectivity index (χ1n) is 9.57. The maximum absolute atomic E-state index is 12.9. The molecule has 156 valence electrons. The second-order valence-corrected chi connectivity index (χ2v) is 6.40. The van der Waals surface area contributed by atoms with E-state index in [1.165, 1.54) is 30.5 Å². The SMILES string of the molecule is CCOc1cc(/C=N\NC(=O)c2ccc(F)cc2)ccc1OCc1ccccc1C#N. The van der Waals surface area contributed by atoms with Gasteiger partial charge in [-0.1, -0.05) is 18.2 Å². The second-order valence-electron chi connectivity index (χ2n) is 6.40. The van der Waals surface area contributed by atoms with Gasteiger partial charge >= 0.3 is 0 Å². The first-order valence-corrected chi connectivity index (χ1v) is 9.57. The Hall–Kier alpha value is -4.18. The van der Waals surface area contributed by atoms with E-state index in [9.17, 15) is 14.4 Å². The molecule has 3 aromatic carbocycles. The van der Waals surface area contributed by atoms with Gasteiger partial charge in [-0.2, -0.15) is 10.4 Å². The summed E-state index contributed by atoms with van der Waals surface area (Å²) in [6.07, 6.45) is 1.47. The van der Waals surface area contributed by atoms with Gasteiger partial charge in [0.25, 0.3) is 5.91 Å². The minimum Gasteiger partial charge on any atom is -0.490 e. The number of hydrogen-bond donors (Lipinski definition) is 1. The quantitative estimate of drug-likeness (QED) is 0.434. The van der Waals surface area contributed by atoms with Crippen LogP contribution in [0.15, 0.2) is 71.8 Å². The van der Waals surface area contributed by atoms with Gasteiger partial charge in [0.2, 0.25) is 0 Å².